The van der Waals surface area contributed by atoms with Crippen molar-refractivity contribution in [3.63, 3.8) is 0 Å². The summed E-state index contributed by atoms with van der Waals surface area (Å²) in [5.74, 6) is 0. The van der Waals surface area contributed by atoms with Gasteiger partial charge in [-0.25, -0.2) is 0 Å². The van der Waals surface area contributed by atoms with E-state index in [-0.39, 0.29) is 0 Å². The molecule has 1 rings (SSSR count). The van der Waals surface area contributed by atoms with E-state index < -0.39 is 8.07 Å². The van der Waals surface area contributed by atoms with Crippen molar-refractivity contribution in [1.29, 1.82) is 0 Å². The average Bonchev–Trinajstić information content (AvgIpc) is 1.91. The highest BCUT2D eigenvalue weighted by molar-refractivity contribution is 8.08. The van der Waals surface area contributed by atoms with Gasteiger partial charge in [-0.15, -0.1) is 0 Å². The molecule has 1 fully saturated rings. The third-order valence-electron chi connectivity index (χ3n) is 3.34. The predicted molar refractivity (Wildman–Crippen MR) is 53.2 cm³/mol. The minimum Gasteiger partial charge on any atom is -0.162 e. The molecule has 0 spiro atoms. The summed E-state index contributed by atoms with van der Waals surface area (Å²) in [5, 5.41) is 0. The Kier molecular flexibility index (Phi) is 2.51. The molecule has 0 nitrogen and oxygen atoms in total. The van der Waals surface area contributed by atoms with Crippen LogP contribution in [0, 0.1) is 0 Å². The predicted octanol–water partition coefficient (Wildman–Crippen LogP) is 3.08. The average molecular weight is 174 g/mol. The maximum Gasteiger partial charge on any atom is 0.0803 e. The molecule has 2 heteroatoms. The van der Waals surface area contributed by atoms with Gasteiger partial charge in [-0.3, -0.25) is 0 Å². The van der Waals surface area contributed by atoms with Crippen LogP contribution in [0.15, 0.2) is 0 Å². The molecule has 0 amide bonds. The largest absolute Gasteiger partial charge is 0.162 e. The quantitative estimate of drug-likeness (QED) is 0.580. The molecular weight excluding hydrogens is 156 g/mol. The second kappa shape index (κ2) is 2.90. The van der Waals surface area contributed by atoms with Crippen molar-refractivity contribution in [2.24, 2.45) is 0 Å². The molecular formula is C8H18SSi. The lowest BCUT2D eigenvalue weighted by Crippen LogP contribution is -2.60. The molecule has 0 aromatic heterocycles. The van der Waals surface area contributed by atoms with Crippen LogP contribution in [0.4, 0.5) is 0 Å². The van der Waals surface area contributed by atoms with Gasteiger partial charge in [0.1, 0.15) is 0 Å². The van der Waals surface area contributed by atoms with Crippen LogP contribution in [0.2, 0.25) is 12.1 Å². The topological polar surface area (TPSA) is 0 Å². The van der Waals surface area contributed by atoms with Crippen molar-refractivity contribution >= 4 is 19.8 Å². The van der Waals surface area contributed by atoms with E-state index in [0.717, 1.165) is 9.75 Å². The van der Waals surface area contributed by atoms with E-state index >= 15 is 0 Å². The smallest absolute Gasteiger partial charge is 0.0803 e. The first-order valence-electron chi connectivity index (χ1n) is 4.32. The van der Waals surface area contributed by atoms with Crippen LogP contribution in [0.1, 0.15) is 27.7 Å². The van der Waals surface area contributed by atoms with Gasteiger partial charge in [0, 0.05) is 0 Å². The Labute approximate surface area is 69.8 Å². The van der Waals surface area contributed by atoms with Crippen LogP contribution in [0.5, 0.6) is 0 Å². The number of hydrogen-bond donors (Lipinski definition) is 0. The van der Waals surface area contributed by atoms with Gasteiger partial charge in [0.25, 0.3) is 0 Å². The first-order chi connectivity index (χ1) is 4.67. The standard InChI is InChI=1S/C8H18SSi/c1-5-10(6-2)7(3)9-8(10)4/h7-8H,5-6H2,1-4H3. The number of rotatable bonds is 2. The Bertz CT molecular complexity index is 110. The van der Waals surface area contributed by atoms with Gasteiger partial charge in [0.05, 0.1) is 8.07 Å². The summed E-state index contributed by atoms with van der Waals surface area (Å²) in [6.45, 7) is 9.65. The Morgan fingerprint density at radius 1 is 1.10 bits per heavy atom. The fourth-order valence-electron chi connectivity index (χ4n) is 2.24. The number of thioether (sulfide) groups is 1. The molecule has 2 unspecified atom stereocenters. The van der Waals surface area contributed by atoms with Gasteiger partial charge in [-0.2, -0.15) is 11.8 Å². The Balaban J connectivity index is 2.61. The maximum absolute atomic E-state index is 2.43. The zero-order valence-corrected chi connectivity index (χ0v) is 9.29. The first kappa shape index (κ1) is 8.66. The molecule has 60 valence electrons. The molecule has 1 aliphatic heterocycles. The molecule has 1 saturated heterocycles. The van der Waals surface area contributed by atoms with Crippen molar-refractivity contribution in [2.75, 3.05) is 0 Å². The van der Waals surface area contributed by atoms with Gasteiger partial charge in [-0.05, 0) is 9.75 Å². The van der Waals surface area contributed by atoms with E-state index in [0.29, 0.717) is 0 Å². The summed E-state index contributed by atoms with van der Waals surface area (Å²) in [6.07, 6.45) is 0. The SMILES string of the molecule is CC[Si]1(CC)C(C)SC1C. The van der Waals surface area contributed by atoms with Crippen molar-refractivity contribution in [2.45, 2.75) is 49.5 Å². The first-order valence-corrected chi connectivity index (χ1v) is 7.84. The van der Waals surface area contributed by atoms with Gasteiger partial charge >= 0.3 is 0 Å². The van der Waals surface area contributed by atoms with Gasteiger partial charge in [0.2, 0.25) is 0 Å². The third kappa shape index (κ3) is 0.963. The summed E-state index contributed by atoms with van der Waals surface area (Å²) < 4.78 is 0. The highest BCUT2D eigenvalue weighted by atomic mass is 32.2. The molecule has 0 bridgehead atoms. The fraction of sp³-hybridized carbons (Fsp3) is 1.00. The molecule has 0 N–H and O–H groups in total. The minimum atomic E-state index is -0.735. The molecule has 2 atom stereocenters. The van der Waals surface area contributed by atoms with Crippen LogP contribution >= 0.6 is 11.8 Å². The highest BCUT2D eigenvalue weighted by Gasteiger charge is 2.50. The maximum atomic E-state index is 2.43. The molecule has 0 aromatic carbocycles. The second-order valence-corrected chi connectivity index (χ2v) is 11.5. The zero-order chi connectivity index (χ0) is 7.78. The summed E-state index contributed by atoms with van der Waals surface area (Å²) in [6, 6.07) is 3.00. The van der Waals surface area contributed by atoms with Crippen LogP contribution in [0.25, 0.3) is 0 Å². The van der Waals surface area contributed by atoms with E-state index in [4.69, 9.17) is 0 Å². The van der Waals surface area contributed by atoms with E-state index in [1.165, 1.54) is 12.1 Å². The van der Waals surface area contributed by atoms with Crippen molar-refractivity contribution in [3.8, 4) is 0 Å². The van der Waals surface area contributed by atoms with E-state index in [9.17, 15) is 0 Å². The van der Waals surface area contributed by atoms with Crippen LogP contribution < -0.4 is 0 Å². The van der Waals surface area contributed by atoms with Gasteiger partial charge in [0.15, 0.2) is 0 Å². The molecule has 0 radical (unpaired) electrons. The zero-order valence-electron chi connectivity index (χ0n) is 7.48. The Morgan fingerprint density at radius 2 is 1.50 bits per heavy atom. The molecule has 1 aliphatic rings. The lowest BCUT2D eigenvalue weighted by molar-refractivity contribution is 1.02. The number of hydrogen-bond acceptors (Lipinski definition) is 1. The summed E-state index contributed by atoms with van der Waals surface area (Å²) in [7, 11) is -0.735. The van der Waals surface area contributed by atoms with E-state index in [1.807, 2.05) is 0 Å². The third-order valence-corrected chi connectivity index (χ3v) is 13.7. The summed E-state index contributed by atoms with van der Waals surface area (Å²) >= 11 is 2.20. The minimum absolute atomic E-state index is 0.735. The van der Waals surface area contributed by atoms with Crippen LogP contribution in [0.3, 0.4) is 0 Å². The van der Waals surface area contributed by atoms with Crippen molar-refractivity contribution < 1.29 is 0 Å². The van der Waals surface area contributed by atoms with E-state index in [1.54, 1.807) is 0 Å². The van der Waals surface area contributed by atoms with Crippen molar-refractivity contribution in [1.82, 2.24) is 0 Å². The summed E-state index contributed by atoms with van der Waals surface area (Å²) in [4.78, 5) is 2.08. The van der Waals surface area contributed by atoms with Crippen molar-refractivity contribution in [3.05, 3.63) is 0 Å². The van der Waals surface area contributed by atoms with Gasteiger partial charge < -0.3 is 0 Å². The normalized spacial score (nSPS) is 37.2. The Morgan fingerprint density at radius 3 is 1.60 bits per heavy atom. The summed E-state index contributed by atoms with van der Waals surface area (Å²) in [5.41, 5.74) is 0. The molecule has 0 aliphatic carbocycles. The monoisotopic (exact) mass is 174 g/mol. The lowest BCUT2D eigenvalue weighted by atomic mass is 10.9. The molecule has 0 saturated carbocycles. The van der Waals surface area contributed by atoms with Gasteiger partial charge in [-0.1, -0.05) is 39.8 Å². The molecule has 10 heavy (non-hydrogen) atoms. The van der Waals surface area contributed by atoms with E-state index in [2.05, 4.69) is 39.5 Å². The second-order valence-electron chi connectivity index (χ2n) is 3.36. The Hall–Kier alpha value is 0.567. The highest BCUT2D eigenvalue weighted by Crippen LogP contribution is 2.47. The molecule has 0 aromatic rings. The van der Waals surface area contributed by atoms with Crippen LogP contribution in [-0.2, 0) is 0 Å². The lowest BCUT2D eigenvalue weighted by Gasteiger charge is -2.51. The fourth-order valence-corrected chi connectivity index (χ4v) is 11.9. The molecule has 1 heterocycles. The van der Waals surface area contributed by atoms with Crippen LogP contribution in [-0.4, -0.2) is 17.8 Å².